The third-order valence-corrected chi connectivity index (χ3v) is 4.65. The van der Waals surface area contributed by atoms with Crippen LogP contribution in [0, 0.1) is 6.92 Å². The Bertz CT molecular complexity index is 710. The first-order valence-corrected chi connectivity index (χ1v) is 8.46. The smallest absolute Gasteiger partial charge is 0.260 e. The van der Waals surface area contributed by atoms with E-state index in [0.717, 1.165) is 6.42 Å². The molecule has 3 heterocycles. The summed E-state index contributed by atoms with van der Waals surface area (Å²) in [5.41, 5.74) is 1.12. The quantitative estimate of drug-likeness (QED) is 0.926. The van der Waals surface area contributed by atoms with Crippen LogP contribution in [-0.4, -0.2) is 39.4 Å². The SMILES string of the molecule is CCc1noc(C)c1C(=O)N1CCCC1C(=O)Nc1nccs1. The molecule has 122 valence electrons. The topological polar surface area (TPSA) is 88.3 Å². The van der Waals surface area contributed by atoms with Gasteiger partial charge in [0.25, 0.3) is 5.91 Å². The van der Waals surface area contributed by atoms with Crippen LogP contribution in [0.25, 0.3) is 0 Å². The van der Waals surface area contributed by atoms with Gasteiger partial charge >= 0.3 is 0 Å². The van der Waals surface area contributed by atoms with Gasteiger partial charge in [0, 0.05) is 18.1 Å². The van der Waals surface area contributed by atoms with Gasteiger partial charge in [-0.3, -0.25) is 9.59 Å². The van der Waals surface area contributed by atoms with Crippen LogP contribution in [0.2, 0.25) is 0 Å². The van der Waals surface area contributed by atoms with Crippen molar-refractivity contribution in [1.82, 2.24) is 15.0 Å². The van der Waals surface area contributed by atoms with Gasteiger partial charge in [0.2, 0.25) is 5.91 Å². The van der Waals surface area contributed by atoms with Crippen LogP contribution < -0.4 is 5.32 Å². The monoisotopic (exact) mass is 334 g/mol. The maximum atomic E-state index is 12.9. The minimum atomic E-state index is -0.481. The van der Waals surface area contributed by atoms with E-state index in [-0.39, 0.29) is 11.8 Å². The highest BCUT2D eigenvalue weighted by atomic mass is 32.1. The van der Waals surface area contributed by atoms with Crippen molar-refractivity contribution in [1.29, 1.82) is 0 Å². The van der Waals surface area contributed by atoms with Crippen molar-refractivity contribution in [3.63, 3.8) is 0 Å². The molecular formula is C15H18N4O3S. The molecule has 0 aromatic carbocycles. The van der Waals surface area contributed by atoms with Gasteiger partial charge in [-0.25, -0.2) is 4.98 Å². The molecule has 1 fully saturated rings. The predicted molar refractivity (Wildman–Crippen MR) is 85.4 cm³/mol. The van der Waals surface area contributed by atoms with Crippen molar-refractivity contribution < 1.29 is 14.1 Å². The van der Waals surface area contributed by atoms with Crippen LogP contribution in [0.15, 0.2) is 16.1 Å². The lowest BCUT2D eigenvalue weighted by Gasteiger charge is -2.23. The first kappa shape index (κ1) is 15.7. The number of aryl methyl sites for hydroxylation is 2. The van der Waals surface area contributed by atoms with Crippen LogP contribution in [-0.2, 0) is 11.2 Å². The van der Waals surface area contributed by atoms with Crippen molar-refractivity contribution in [3.05, 3.63) is 28.6 Å². The van der Waals surface area contributed by atoms with Crippen LogP contribution >= 0.6 is 11.3 Å². The van der Waals surface area contributed by atoms with Gasteiger partial charge in [0.05, 0.1) is 5.69 Å². The highest BCUT2D eigenvalue weighted by Crippen LogP contribution is 2.25. The largest absolute Gasteiger partial charge is 0.361 e. The molecule has 8 heteroatoms. The lowest BCUT2D eigenvalue weighted by molar-refractivity contribution is -0.119. The lowest BCUT2D eigenvalue weighted by Crippen LogP contribution is -2.43. The fraction of sp³-hybridized carbons (Fsp3) is 0.467. The zero-order valence-corrected chi connectivity index (χ0v) is 13.9. The van der Waals surface area contributed by atoms with Crippen molar-refractivity contribution in [2.45, 2.75) is 39.2 Å². The summed E-state index contributed by atoms with van der Waals surface area (Å²) in [7, 11) is 0. The summed E-state index contributed by atoms with van der Waals surface area (Å²) in [6.07, 6.45) is 3.69. The fourth-order valence-electron chi connectivity index (χ4n) is 2.83. The van der Waals surface area contributed by atoms with E-state index in [9.17, 15) is 9.59 Å². The van der Waals surface area contributed by atoms with Crippen molar-refractivity contribution >= 4 is 28.3 Å². The molecule has 1 aliphatic heterocycles. The highest BCUT2D eigenvalue weighted by Gasteiger charge is 2.37. The number of thiazole rings is 1. The first-order chi connectivity index (χ1) is 11.1. The second-order valence-electron chi connectivity index (χ2n) is 5.40. The van der Waals surface area contributed by atoms with Crippen LogP contribution in [0.1, 0.15) is 41.6 Å². The number of anilines is 1. The molecule has 0 bridgehead atoms. The Morgan fingerprint density at radius 3 is 3.04 bits per heavy atom. The van der Waals surface area contributed by atoms with E-state index in [1.165, 1.54) is 11.3 Å². The number of hydrogen-bond donors (Lipinski definition) is 1. The molecule has 2 aromatic rings. The van der Waals surface area contributed by atoms with Crippen molar-refractivity contribution in [2.75, 3.05) is 11.9 Å². The second kappa shape index (κ2) is 6.49. The summed E-state index contributed by atoms with van der Waals surface area (Å²) in [6, 6.07) is -0.481. The summed E-state index contributed by atoms with van der Waals surface area (Å²) < 4.78 is 5.14. The lowest BCUT2D eigenvalue weighted by atomic mass is 10.1. The zero-order chi connectivity index (χ0) is 16.4. The number of carbonyl (C=O) groups excluding carboxylic acids is 2. The molecule has 1 saturated heterocycles. The first-order valence-electron chi connectivity index (χ1n) is 7.58. The number of nitrogens with one attached hydrogen (secondary N) is 1. The molecule has 0 spiro atoms. The molecule has 1 unspecified atom stereocenters. The minimum absolute atomic E-state index is 0.183. The molecule has 23 heavy (non-hydrogen) atoms. The van der Waals surface area contributed by atoms with E-state index in [0.29, 0.717) is 41.5 Å². The highest BCUT2D eigenvalue weighted by molar-refractivity contribution is 7.13. The molecule has 1 N–H and O–H groups in total. The summed E-state index contributed by atoms with van der Waals surface area (Å²) >= 11 is 1.35. The Labute approximate surface area is 137 Å². The number of rotatable bonds is 4. The van der Waals surface area contributed by atoms with Crippen LogP contribution in [0.4, 0.5) is 5.13 Å². The molecule has 3 rings (SSSR count). The van der Waals surface area contributed by atoms with Gasteiger partial charge in [-0.05, 0) is 26.2 Å². The van der Waals surface area contributed by atoms with E-state index in [1.54, 1.807) is 23.4 Å². The third kappa shape index (κ3) is 2.98. The molecule has 2 aromatic heterocycles. The van der Waals surface area contributed by atoms with Crippen molar-refractivity contribution in [2.24, 2.45) is 0 Å². The van der Waals surface area contributed by atoms with Crippen molar-refractivity contribution in [3.8, 4) is 0 Å². The molecule has 0 aliphatic carbocycles. The Hall–Kier alpha value is -2.22. The molecule has 1 atom stereocenters. The molecule has 1 aliphatic rings. The molecule has 2 amide bonds. The average Bonchev–Trinajstić information content (AvgIpc) is 3.26. The summed E-state index contributed by atoms with van der Waals surface area (Å²) in [5.74, 6) is 0.119. The van der Waals surface area contributed by atoms with E-state index in [1.807, 2.05) is 6.92 Å². The molecular weight excluding hydrogens is 316 g/mol. The third-order valence-electron chi connectivity index (χ3n) is 3.96. The summed E-state index contributed by atoms with van der Waals surface area (Å²) in [4.78, 5) is 31.0. The fourth-order valence-corrected chi connectivity index (χ4v) is 3.37. The molecule has 0 saturated carbocycles. The van der Waals surface area contributed by atoms with E-state index < -0.39 is 6.04 Å². The normalized spacial score (nSPS) is 17.5. The Morgan fingerprint density at radius 1 is 1.52 bits per heavy atom. The van der Waals surface area contributed by atoms with Gasteiger partial charge in [-0.15, -0.1) is 11.3 Å². The van der Waals surface area contributed by atoms with Gasteiger partial charge < -0.3 is 14.7 Å². The maximum Gasteiger partial charge on any atom is 0.260 e. The number of hydrogen-bond acceptors (Lipinski definition) is 6. The molecule has 7 nitrogen and oxygen atoms in total. The van der Waals surface area contributed by atoms with Gasteiger partial charge in [0.1, 0.15) is 17.4 Å². The standard InChI is InChI=1S/C15H18N4O3S/c1-3-10-12(9(2)22-18-10)14(21)19-7-4-5-11(19)13(20)17-15-16-6-8-23-15/h6,8,11H,3-5,7H2,1-2H3,(H,16,17,20). The van der Waals surface area contributed by atoms with E-state index in [4.69, 9.17) is 4.52 Å². The number of amides is 2. The number of carbonyl (C=O) groups is 2. The Morgan fingerprint density at radius 2 is 2.35 bits per heavy atom. The van der Waals surface area contributed by atoms with Crippen LogP contribution in [0.3, 0.4) is 0 Å². The van der Waals surface area contributed by atoms with Gasteiger partial charge in [-0.1, -0.05) is 12.1 Å². The van der Waals surface area contributed by atoms with Gasteiger partial charge in [-0.2, -0.15) is 0 Å². The summed E-state index contributed by atoms with van der Waals surface area (Å²) in [6.45, 7) is 4.20. The van der Waals surface area contributed by atoms with Crippen LogP contribution in [0.5, 0.6) is 0 Å². The number of nitrogens with zero attached hydrogens (tertiary/aromatic N) is 3. The maximum absolute atomic E-state index is 12.9. The average molecular weight is 334 g/mol. The number of likely N-dealkylation sites (tertiary alicyclic amines) is 1. The Balaban J connectivity index is 1.79. The Kier molecular flexibility index (Phi) is 4.42. The second-order valence-corrected chi connectivity index (χ2v) is 6.29. The minimum Gasteiger partial charge on any atom is -0.361 e. The van der Waals surface area contributed by atoms with E-state index >= 15 is 0 Å². The summed E-state index contributed by atoms with van der Waals surface area (Å²) in [5, 5.41) is 9.04. The van der Waals surface area contributed by atoms with E-state index in [2.05, 4.69) is 15.5 Å². The predicted octanol–water partition coefficient (Wildman–Crippen LogP) is 2.25. The zero-order valence-electron chi connectivity index (χ0n) is 13.0. The van der Waals surface area contributed by atoms with Gasteiger partial charge in [0.15, 0.2) is 5.13 Å². The molecule has 0 radical (unpaired) electrons. The number of aromatic nitrogens is 2.